The number of rotatable bonds is 7. The third kappa shape index (κ3) is 5.70. The summed E-state index contributed by atoms with van der Waals surface area (Å²) in [5.74, 6) is -3.74. The number of carbonyl (C=O) groups excluding carboxylic acids is 4. The highest BCUT2D eigenvalue weighted by Gasteiger charge is 2.69. The summed E-state index contributed by atoms with van der Waals surface area (Å²) in [7, 11) is 0. The molecule has 3 amide bonds. The normalized spacial score (nSPS) is 25.0. The van der Waals surface area contributed by atoms with E-state index in [1.807, 2.05) is 13.8 Å². The van der Waals surface area contributed by atoms with Crippen LogP contribution >= 0.6 is 0 Å². The minimum Gasteiger partial charge on any atom is -0.475 e. The van der Waals surface area contributed by atoms with Gasteiger partial charge in [-0.25, -0.2) is 9.59 Å². The summed E-state index contributed by atoms with van der Waals surface area (Å²) in [4.78, 5) is 64.0. The van der Waals surface area contributed by atoms with Gasteiger partial charge in [0.05, 0.1) is 6.04 Å². The fourth-order valence-electron chi connectivity index (χ4n) is 4.81. The topological polar surface area (TPSA) is 142 Å². The van der Waals surface area contributed by atoms with E-state index < -0.39 is 58.8 Å². The van der Waals surface area contributed by atoms with Crippen molar-refractivity contribution in [3.05, 3.63) is 0 Å². The maximum absolute atomic E-state index is 13.7. The van der Waals surface area contributed by atoms with Crippen LogP contribution in [-0.2, 0) is 23.9 Å². The minimum absolute atomic E-state index is 0.0876. The molecule has 0 aromatic heterocycles. The summed E-state index contributed by atoms with van der Waals surface area (Å²) >= 11 is 0. The van der Waals surface area contributed by atoms with Crippen LogP contribution in [0.3, 0.4) is 0 Å². The van der Waals surface area contributed by atoms with E-state index in [0.717, 1.165) is 0 Å². The molecule has 0 aromatic rings. The number of ether oxygens (including phenoxy) is 1. The highest BCUT2D eigenvalue weighted by Crippen LogP contribution is 2.65. The van der Waals surface area contributed by atoms with E-state index in [2.05, 4.69) is 10.6 Å². The van der Waals surface area contributed by atoms with Crippen molar-refractivity contribution < 1.29 is 33.8 Å². The smallest absolute Gasteiger partial charge is 0.408 e. The Kier molecular flexibility index (Phi) is 7.45. The molecule has 2 unspecified atom stereocenters. The van der Waals surface area contributed by atoms with Crippen LogP contribution in [0, 0.1) is 22.7 Å². The lowest BCUT2D eigenvalue weighted by molar-refractivity contribution is -0.151. The van der Waals surface area contributed by atoms with Crippen molar-refractivity contribution in [1.82, 2.24) is 15.5 Å². The van der Waals surface area contributed by atoms with E-state index >= 15 is 0 Å². The zero-order chi connectivity index (χ0) is 26.4. The Balaban J connectivity index is 2.30. The molecule has 10 nitrogen and oxygen atoms in total. The molecule has 2 fully saturated rings. The lowest BCUT2D eigenvalue weighted by Crippen LogP contribution is -2.60. The van der Waals surface area contributed by atoms with Gasteiger partial charge in [0.2, 0.25) is 11.8 Å². The summed E-state index contributed by atoms with van der Waals surface area (Å²) in [5.41, 5.74) is -1.60. The average molecular weight is 482 g/mol. The minimum atomic E-state index is -1.62. The Morgan fingerprint density at radius 1 is 1.06 bits per heavy atom. The van der Waals surface area contributed by atoms with Gasteiger partial charge in [0, 0.05) is 6.54 Å². The van der Waals surface area contributed by atoms with Gasteiger partial charge < -0.3 is 25.4 Å². The van der Waals surface area contributed by atoms with Gasteiger partial charge in [0.15, 0.2) is 0 Å². The molecular formula is C24H39N3O7. The van der Waals surface area contributed by atoms with Gasteiger partial charge in [-0.15, -0.1) is 0 Å². The number of aliphatic carboxylic acids is 1. The van der Waals surface area contributed by atoms with Crippen molar-refractivity contribution in [3.63, 3.8) is 0 Å². The van der Waals surface area contributed by atoms with E-state index in [1.165, 1.54) is 4.90 Å². The van der Waals surface area contributed by atoms with Crippen LogP contribution in [0.25, 0.3) is 0 Å². The lowest BCUT2D eigenvalue weighted by Gasteiger charge is -2.38. The highest BCUT2D eigenvalue weighted by molar-refractivity contribution is 6.35. The fraction of sp³-hybridized carbons (Fsp3) is 0.792. The molecule has 0 radical (unpaired) electrons. The molecule has 192 valence electrons. The number of likely N-dealkylation sites (tertiary alicyclic amines) is 1. The van der Waals surface area contributed by atoms with Crippen LogP contribution in [0.5, 0.6) is 0 Å². The van der Waals surface area contributed by atoms with E-state index in [0.29, 0.717) is 6.54 Å². The maximum Gasteiger partial charge on any atom is 0.408 e. The number of piperidine rings is 1. The second kappa shape index (κ2) is 9.19. The van der Waals surface area contributed by atoms with Crippen molar-refractivity contribution >= 4 is 29.7 Å². The Labute approximate surface area is 201 Å². The predicted molar refractivity (Wildman–Crippen MR) is 124 cm³/mol. The van der Waals surface area contributed by atoms with E-state index in [9.17, 15) is 24.0 Å². The zero-order valence-electron chi connectivity index (χ0n) is 21.6. The first-order valence-corrected chi connectivity index (χ1v) is 11.7. The third-order valence-corrected chi connectivity index (χ3v) is 6.79. The van der Waals surface area contributed by atoms with Crippen LogP contribution in [-0.4, -0.2) is 69.9 Å². The van der Waals surface area contributed by atoms with Gasteiger partial charge in [-0.1, -0.05) is 41.5 Å². The predicted octanol–water partition coefficient (Wildman–Crippen LogP) is 1.96. The molecule has 0 spiro atoms. The largest absolute Gasteiger partial charge is 0.475 e. The SMILES string of the molecule is CCC(NC(=O)[C@@H]1[C@@H]2C(CN1C(=O)[C@@H](NC(=O)OC(C)(C)C)C(C)(C)C)C2(C)C)C(=O)C(=O)O. The molecule has 1 heterocycles. The molecule has 3 N–H and O–H groups in total. The van der Waals surface area contributed by atoms with Crippen LogP contribution in [0.2, 0.25) is 0 Å². The lowest BCUT2D eigenvalue weighted by atomic mass is 9.85. The number of alkyl carbamates (subject to hydrolysis) is 1. The fourth-order valence-corrected chi connectivity index (χ4v) is 4.81. The number of ketones is 1. The van der Waals surface area contributed by atoms with Gasteiger partial charge >= 0.3 is 12.1 Å². The van der Waals surface area contributed by atoms with Crippen LogP contribution in [0.15, 0.2) is 0 Å². The Hall–Kier alpha value is -2.65. The first-order valence-electron chi connectivity index (χ1n) is 11.7. The molecule has 0 aromatic carbocycles. The second-order valence-corrected chi connectivity index (χ2v) is 12.0. The first-order chi connectivity index (χ1) is 15.3. The molecular weight excluding hydrogens is 442 g/mol. The quantitative estimate of drug-likeness (QED) is 0.472. The summed E-state index contributed by atoms with van der Waals surface area (Å²) in [6, 6.07) is -3.00. The summed E-state index contributed by atoms with van der Waals surface area (Å²) in [6.07, 6.45) is -0.621. The summed E-state index contributed by atoms with van der Waals surface area (Å²) < 4.78 is 5.34. The summed E-state index contributed by atoms with van der Waals surface area (Å²) in [6.45, 7) is 16.6. The molecule has 2 rings (SSSR count). The van der Waals surface area contributed by atoms with Gasteiger partial charge in [0.1, 0.15) is 17.7 Å². The number of Topliss-reactive ketones (excluding diaryl/α,β-unsaturated/α-hetero) is 1. The monoisotopic (exact) mass is 481 g/mol. The Morgan fingerprint density at radius 2 is 1.62 bits per heavy atom. The van der Waals surface area contributed by atoms with Gasteiger partial charge in [-0.2, -0.15) is 0 Å². The number of nitrogens with one attached hydrogen (secondary N) is 2. The van der Waals surface area contributed by atoms with Gasteiger partial charge in [0.25, 0.3) is 5.78 Å². The molecule has 5 atom stereocenters. The number of hydrogen-bond acceptors (Lipinski definition) is 6. The molecule has 1 saturated carbocycles. The van der Waals surface area contributed by atoms with Crippen molar-refractivity contribution in [2.75, 3.05) is 6.54 Å². The van der Waals surface area contributed by atoms with E-state index in [-0.39, 0.29) is 23.7 Å². The number of amides is 3. The van der Waals surface area contributed by atoms with Crippen LogP contribution < -0.4 is 10.6 Å². The number of fused-ring (bicyclic) bond motifs is 1. The van der Waals surface area contributed by atoms with Crippen LogP contribution in [0.1, 0.15) is 68.7 Å². The van der Waals surface area contributed by atoms with E-state index in [1.54, 1.807) is 48.5 Å². The summed E-state index contributed by atoms with van der Waals surface area (Å²) in [5, 5.41) is 14.3. The number of hydrogen-bond donors (Lipinski definition) is 3. The molecule has 0 bridgehead atoms. The average Bonchev–Trinajstić information content (AvgIpc) is 3.01. The van der Waals surface area contributed by atoms with Gasteiger partial charge in [-0.3, -0.25) is 14.4 Å². The number of carbonyl (C=O) groups is 5. The Bertz CT molecular complexity index is 869. The highest BCUT2D eigenvalue weighted by atomic mass is 16.6. The number of nitrogens with zero attached hydrogens (tertiary/aromatic N) is 1. The maximum atomic E-state index is 13.7. The van der Waals surface area contributed by atoms with Crippen molar-refractivity contribution in [2.45, 2.75) is 92.5 Å². The molecule has 1 aliphatic carbocycles. The first kappa shape index (κ1) is 27.6. The number of carboxylic acid groups (broad SMARTS) is 1. The van der Waals surface area contributed by atoms with Crippen molar-refractivity contribution in [3.8, 4) is 0 Å². The molecule has 1 aliphatic heterocycles. The molecule has 2 aliphatic rings. The second-order valence-electron chi connectivity index (χ2n) is 12.0. The van der Waals surface area contributed by atoms with Crippen LogP contribution in [0.4, 0.5) is 4.79 Å². The van der Waals surface area contributed by atoms with Gasteiger partial charge in [-0.05, 0) is 49.9 Å². The van der Waals surface area contributed by atoms with Crippen molar-refractivity contribution in [1.29, 1.82) is 0 Å². The molecule has 10 heteroatoms. The molecule has 1 saturated heterocycles. The number of carboxylic acids is 1. The zero-order valence-corrected chi connectivity index (χ0v) is 21.6. The Morgan fingerprint density at radius 3 is 2.06 bits per heavy atom. The molecule has 34 heavy (non-hydrogen) atoms. The standard InChI is InChI=1S/C24H39N3O7/c1-10-13(16(28)20(31)32)25-18(29)15-14-12(24(14,8)9)11-27(15)19(30)17(22(2,3)4)26-21(33)34-23(5,6)7/h12-15,17H,10-11H2,1-9H3,(H,25,29)(H,26,33)(H,31,32)/t12?,13?,14-,15-,17+/m0/s1. The van der Waals surface area contributed by atoms with Crippen molar-refractivity contribution in [2.24, 2.45) is 22.7 Å². The van der Waals surface area contributed by atoms with E-state index in [4.69, 9.17) is 9.84 Å². The third-order valence-electron chi connectivity index (χ3n) is 6.79.